The van der Waals surface area contributed by atoms with Gasteiger partial charge >= 0.3 is 0 Å². The summed E-state index contributed by atoms with van der Waals surface area (Å²) in [5.41, 5.74) is 3.38. The summed E-state index contributed by atoms with van der Waals surface area (Å²) in [6.07, 6.45) is 2.01. The topological polar surface area (TPSA) is 86.6 Å². The van der Waals surface area contributed by atoms with Crippen LogP contribution in [0.2, 0.25) is 0 Å². The van der Waals surface area contributed by atoms with Crippen molar-refractivity contribution in [3.05, 3.63) is 17.0 Å². The number of nitrogens with one attached hydrogen (secondary N) is 3. The first-order chi connectivity index (χ1) is 12.4. The Morgan fingerprint density at radius 1 is 1.31 bits per heavy atom. The van der Waals surface area contributed by atoms with Crippen LogP contribution in [-0.2, 0) is 18.4 Å². The fourth-order valence-corrected chi connectivity index (χ4v) is 3.24. The zero-order chi connectivity index (χ0) is 19.1. The lowest BCUT2D eigenvalue weighted by Gasteiger charge is -2.32. The van der Waals surface area contributed by atoms with Crippen LogP contribution < -0.4 is 16.0 Å². The molecule has 2 rings (SSSR count). The molecule has 8 heteroatoms. The van der Waals surface area contributed by atoms with Crippen LogP contribution >= 0.6 is 0 Å². The zero-order valence-corrected chi connectivity index (χ0v) is 16.7. The summed E-state index contributed by atoms with van der Waals surface area (Å²) >= 11 is 0. The molecular formula is C18H33N7O. The normalized spacial score (nSPS) is 16.6. The number of amides is 1. The second kappa shape index (κ2) is 9.56. The Labute approximate surface area is 156 Å². The predicted octanol–water partition coefficient (Wildman–Crippen LogP) is 0.302. The van der Waals surface area contributed by atoms with E-state index in [1.165, 1.54) is 5.56 Å². The van der Waals surface area contributed by atoms with E-state index >= 15 is 0 Å². The third-order valence-corrected chi connectivity index (χ3v) is 4.97. The van der Waals surface area contributed by atoms with Crippen molar-refractivity contribution in [1.29, 1.82) is 0 Å². The molecule has 1 fully saturated rings. The van der Waals surface area contributed by atoms with Crippen LogP contribution in [0.1, 0.15) is 36.7 Å². The average Bonchev–Trinajstić information content (AvgIpc) is 2.86. The summed E-state index contributed by atoms with van der Waals surface area (Å²) in [4.78, 5) is 18.5. The number of hydrogen-bond donors (Lipinski definition) is 3. The van der Waals surface area contributed by atoms with E-state index in [1.807, 2.05) is 18.7 Å². The molecule has 2 heterocycles. The molecular weight excluding hydrogens is 330 g/mol. The number of aryl methyl sites for hydroxylation is 2. The molecule has 1 amide bonds. The van der Waals surface area contributed by atoms with Crippen LogP contribution in [0.4, 0.5) is 0 Å². The fraction of sp³-hybridized carbons (Fsp3) is 0.722. The number of carbonyl (C=O) groups is 1. The molecule has 1 aliphatic rings. The van der Waals surface area contributed by atoms with Gasteiger partial charge in [-0.2, -0.15) is 5.10 Å². The van der Waals surface area contributed by atoms with Crippen molar-refractivity contribution in [2.45, 2.75) is 46.2 Å². The van der Waals surface area contributed by atoms with Crippen molar-refractivity contribution in [2.75, 3.05) is 33.2 Å². The van der Waals surface area contributed by atoms with Gasteiger partial charge in [-0.15, -0.1) is 0 Å². The Kier molecular flexibility index (Phi) is 7.44. The first-order valence-electron chi connectivity index (χ1n) is 9.41. The third-order valence-electron chi connectivity index (χ3n) is 4.97. The maximum absolute atomic E-state index is 11.5. The number of piperidine rings is 1. The minimum atomic E-state index is 0.0773. The minimum Gasteiger partial charge on any atom is -0.358 e. The lowest BCUT2D eigenvalue weighted by atomic mass is 10.1. The van der Waals surface area contributed by atoms with Crippen molar-refractivity contribution < 1.29 is 4.79 Å². The van der Waals surface area contributed by atoms with Crippen molar-refractivity contribution in [3.63, 3.8) is 0 Å². The number of likely N-dealkylation sites (N-methyl/N-ethyl adjacent to an activating group) is 1. The van der Waals surface area contributed by atoms with E-state index in [9.17, 15) is 4.79 Å². The van der Waals surface area contributed by atoms with Crippen LogP contribution in [0.15, 0.2) is 4.99 Å². The molecule has 0 radical (unpaired) electrons. The fourth-order valence-electron chi connectivity index (χ4n) is 3.24. The lowest BCUT2D eigenvalue weighted by Crippen LogP contribution is -2.50. The van der Waals surface area contributed by atoms with Crippen LogP contribution in [0.25, 0.3) is 0 Å². The maximum Gasteiger partial charge on any atom is 0.233 e. The highest BCUT2D eigenvalue weighted by molar-refractivity contribution is 5.80. The van der Waals surface area contributed by atoms with Crippen LogP contribution in [0, 0.1) is 13.8 Å². The smallest absolute Gasteiger partial charge is 0.233 e. The van der Waals surface area contributed by atoms with Gasteiger partial charge < -0.3 is 16.0 Å². The van der Waals surface area contributed by atoms with Gasteiger partial charge in [0.15, 0.2) is 5.96 Å². The lowest BCUT2D eigenvalue weighted by molar-refractivity contribution is -0.122. The second-order valence-electron chi connectivity index (χ2n) is 6.84. The van der Waals surface area contributed by atoms with E-state index in [0.29, 0.717) is 19.1 Å². The Balaban J connectivity index is 1.91. The van der Waals surface area contributed by atoms with Gasteiger partial charge in [0.1, 0.15) is 0 Å². The molecule has 0 unspecified atom stereocenters. The number of nitrogens with zero attached hydrogens (tertiary/aromatic N) is 4. The highest BCUT2D eigenvalue weighted by atomic mass is 16.1. The van der Waals surface area contributed by atoms with Gasteiger partial charge in [-0.05, 0) is 33.6 Å². The molecule has 26 heavy (non-hydrogen) atoms. The third kappa shape index (κ3) is 5.45. The number of aromatic nitrogens is 2. The highest BCUT2D eigenvalue weighted by Gasteiger charge is 2.21. The van der Waals surface area contributed by atoms with Crippen LogP contribution in [0.5, 0.6) is 0 Å². The van der Waals surface area contributed by atoms with E-state index < -0.39 is 0 Å². The molecule has 0 spiro atoms. The van der Waals surface area contributed by atoms with E-state index in [2.05, 4.69) is 39.8 Å². The van der Waals surface area contributed by atoms with E-state index in [-0.39, 0.29) is 5.91 Å². The Morgan fingerprint density at radius 3 is 2.54 bits per heavy atom. The average molecular weight is 364 g/mol. The molecule has 0 bridgehead atoms. The number of aliphatic imine (C=N–C) groups is 1. The summed E-state index contributed by atoms with van der Waals surface area (Å²) in [5, 5.41) is 14.0. The Morgan fingerprint density at radius 2 is 2.00 bits per heavy atom. The quantitative estimate of drug-likeness (QED) is 0.500. The van der Waals surface area contributed by atoms with Gasteiger partial charge in [-0.25, -0.2) is 4.99 Å². The largest absolute Gasteiger partial charge is 0.358 e. The van der Waals surface area contributed by atoms with Gasteiger partial charge in [0.05, 0.1) is 18.8 Å². The number of guanidine groups is 1. The summed E-state index contributed by atoms with van der Waals surface area (Å²) in [7, 11) is 3.65. The molecule has 1 saturated heterocycles. The van der Waals surface area contributed by atoms with Crippen LogP contribution in [0.3, 0.4) is 0 Å². The summed E-state index contributed by atoms with van der Waals surface area (Å²) in [5.74, 6) is 0.924. The molecule has 0 aromatic carbocycles. The summed E-state index contributed by atoms with van der Waals surface area (Å²) < 4.78 is 1.91. The second-order valence-corrected chi connectivity index (χ2v) is 6.84. The highest BCUT2D eigenvalue weighted by Crippen LogP contribution is 2.13. The number of likely N-dealkylation sites (tertiary alicyclic amines) is 1. The standard InChI is InChI=1S/C18H33N7O/c1-6-20-18(21-11-16-13(2)23-24(5)14(16)3)22-15-7-9-25(10-8-15)12-17(26)19-4/h15H,6-12H2,1-5H3,(H,19,26)(H2,20,21,22). The molecule has 1 aliphatic heterocycles. The van der Waals surface area contributed by atoms with Crippen molar-refractivity contribution >= 4 is 11.9 Å². The number of carbonyl (C=O) groups excluding carboxylic acids is 1. The molecule has 0 saturated carbocycles. The Bertz CT molecular complexity index is 630. The zero-order valence-electron chi connectivity index (χ0n) is 16.7. The number of hydrogen-bond acceptors (Lipinski definition) is 4. The van der Waals surface area contributed by atoms with Crippen molar-refractivity contribution in [3.8, 4) is 0 Å². The van der Waals surface area contributed by atoms with E-state index in [0.717, 1.165) is 49.8 Å². The van der Waals surface area contributed by atoms with Gasteiger partial charge in [0, 0.05) is 51.0 Å². The van der Waals surface area contributed by atoms with Gasteiger partial charge in [-0.3, -0.25) is 14.4 Å². The molecule has 0 aliphatic carbocycles. The van der Waals surface area contributed by atoms with Crippen molar-refractivity contribution in [1.82, 2.24) is 30.6 Å². The minimum absolute atomic E-state index is 0.0773. The van der Waals surface area contributed by atoms with E-state index in [4.69, 9.17) is 4.99 Å². The monoisotopic (exact) mass is 363 g/mol. The molecule has 146 valence electrons. The first kappa shape index (κ1) is 20.2. The van der Waals surface area contributed by atoms with Gasteiger partial charge in [-0.1, -0.05) is 0 Å². The predicted molar refractivity (Wildman–Crippen MR) is 104 cm³/mol. The molecule has 1 aromatic heterocycles. The summed E-state index contributed by atoms with van der Waals surface area (Å²) in [6.45, 7) is 9.95. The van der Waals surface area contributed by atoms with Gasteiger partial charge in [0.25, 0.3) is 0 Å². The number of rotatable bonds is 6. The first-order valence-corrected chi connectivity index (χ1v) is 9.41. The molecule has 0 atom stereocenters. The van der Waals surface area contributed by atoms with Crippen molar-refractivity contribution in [2.24, 2.45) is 12.0 Å². The molecule has 8 nitrogen and oxygen atoms in total. The van der Waals surface area contributed by atoms with Crippen LogP contribution in [-0.4, -0.2) is 65.8 Å². The Hall–Kier alpha value is -2.09. The maximum atomic E-state index is 11.5. The molecule has 1 aromatic rings. The van der Waals surface area contributed by atoms with E-state index in [1.54, 1.807) is 7.05 Å². The molecule has 3 N–H and O–H groups in total. The SMILES string of the molecule is CCNC(=NCc1c(C)nn(C)c1C)NC1CCN(CC(=O)NC)CC1. The summed E-state index contributed by atoms with van der Waals surface area (Å²) in [6, 6.07) is 0.379. The van der Waals surface area contributed by atoms with Gasteiger partial charge in [0.2, 0.25) is 5.91 Å².